The number of anilines is 1. The topological polar surface area (TPSA) is 82.0 Å². The Labute approximate surface area is 151 Å². The van der Waals surface area contributed by atoms with Gasteiger partial charge >= 0.3 is 5.91 Å². The highest BCUT2D eigenvalue weighted by Crippen LogP contribution is 2.33. The number of benzene rings is 2. The number of amides is 2. The molecule has 124 valence electrons. The van der Waals surface area contributed by atoms with Crippen molar-refractivity contribution in [3.05, 3.63) is 76.0 Å². The number of hydrazone groups is 1. The molecule has 25 heavy (non-hydrogen) atoms. The van der Waals surface area contributed by atoms with E-state index in [9.17, 15) is 14.7 Å². The Balaban J connectivity index is 1.79. The quantitative estimate of drug-likeness (QED) is 0.816. The number of hydrogen-bond acceptors (Lipinski definition) is 4. The monoisotopic (exact) mass is 397 g/mol. The first-order valence-corrected chi connectivity index (χ1v) is 8.33. The summed E-state index contributed by atoms with van der Waals surface area (Å²) in [5.74, 6) is -1.41. The molecule has 2 aliphatic heterocycles. The van der Waals surface area contributed by atoms with E-state index >= 15 is 0 Å². The van der Waals surface area contributed by atoms with Crippen LogP contribution < -0.4 is 5.32 Å². The van der Waals surface area contributed by atoms with Gasteiger partial charge in [0.25, 0.3) is 5.91 Å². The van der Waals surface area contributed by atoms with E-state index in [-0.39, 0.29) is 17.4 Å². The van der Waals surface area contributed by atoms with Crippen molar-refractivity contribution in [3.63, 3.8) is 0 Å². The number of carbonyl (C=O) groups is 2. The minimum absolute atomic E-state index is 0.133. The third-order valence-electron chi connectivity index (χ3n) is 4.06. The SMILES string of the molecule is O=C1Nc2ccc(Br)cc2/C1=N/N1C(=O)C(O)=C[C@@H]1c1ccccc1. The van der Waals surface area contributed by atoms with Crippen molar-refractivity contribution in [2.24, 2.45) is 5.10 Å². The summed E-state index contributed by atoms with van der Waals surface area (Å²) < 4.78 is 0.795. The fourth-order valence-electron chi connectivity index (χ4n) is 2.86. The van der Waals surface area contributed by atoms with E-state index < -0.39 is 11.9 Å². The summed E-state index contributed by atoms with van der Waals surface area (Å²) in [5, 5.41) is 18.0. The maximum atomic E-state index is 12.3. The van der Waals surface area contributed by atoms with Gasteiger partial charge in [0, 0.05) is 10.0 Å². The number of halogens is 1. The lowest BCUT2D eigenvalue weighted by atomic mass is 10.1. The highest BCUT2D eigenvalue weighted by atomic mass is 79.9. The number of rotatable bonds is 2. The minimum Gasteiger partial charge on any atom is -0.503 e. The second-order valence-corrected chi connectivity index (χ2v) is 6.57. The highest BCUT2D eigenvalue weighted by molar-refractivity contribution is 9.10. The molecule has 0 bridgehead atoms. The molecule has 2 N–H and O–H groups in total. The standard InChI is InChI=1S/C18H12BrN3O3/c19-11-6-7-13-12(8-11)16(17(24)20-13)21-22-14(9-15(23)18(22)25)10-4-2-1-3-5-10/h1-9,14,23H,(H,20,21,24)/t14-/m1/s1. The number of fused-ring (bicyclic) bond motifs is 1. The largest absolute Gasteiger partial charge is 0.503 e. The molecule has 0 unspecified atom stereocenters. The molecule has 2 amide bonds. The average molecular weight is 398 g/mol. The predicted molar refractivity (Wildman–Crippen MR) is 96.0 cm³/mol. The third kappa shape index (κ3) is 2.62. The molecule has 0 saturated heterocycles. The average Bonchev–Trinajstić information content (AvgIpc) is 3.07. The zero-order valence-corrected chi connectivity index (χ0v) is 14.4. The lowest BCUT2D eigenvalue weighted by Gasteiger charge is -2.19. The van der Waals surface area contributed by atoms with Crippen molar-refractivity contribution in [3.8, 4) is 0 Å². The Hall–Kier alpha value is -2.93. The Morgan fingerprint density at radius 3 is 2.64 bits per heavy atom. The zero-order chi connectivity index (χ0) is 17.6. The van der Waals surface area contributed by atoms with Gasteiger partial charge in [0.2, 0.25) is 0 Å². The maximum Gasteiger partial charge on any atom is 0.309 e. The molecule has 0 saturated carbocycles. The summed E-state index contributed by atoms with van der Waals surface area (Å²) in [5.41, 5.74) is 2.16. The molecule has 0 aliphatic carbocycles. The van der Waals surface area contributed by atoms with Gasteiger partial charge in [-0.05, 0) is 29.8 Å². The lowest BCUT2D eigenvalue weighted by Crippen LogP contribution is -2.28. The van der Waals surface area contributed by atoms with E-state index in [4.69, 9.17) is 0 Å². The Bertz CT molecular complexity index is 953. The molecule has 7 heteroatoms. The minimum atomic E-state index is -0.641. The van der Waals surface area contributed by atoms with Crippen LogP contribution >= 0.6 is 15.9 Å². The molecule has 2 aromatic carbocycles. The zero-order valence-electron chi connectivity index (χ0n) is 12.8. The summed E-state index contributed by atoms with van der Waals surface area (Å²) in [6, 6.07) is 14.0. The fraction of sp³-hybridized carbons (Fsp3) is 0.0556. The van der Waals surface area contributed by atoms with Gasteiger partial charge in [-0.25, -0.2) is 5.01 Å². The van der Waals surface area contributed by atoms with Gasteiger partial charge in [-0.1, -0.05) is 46.3 Å². The van der Waals surface area contributed by atoms with E-state index in [0.29, 0.717) is 11.3 Å². The smallest absolute Gasteiger partial charge is 0.309 e. The summed E-state index contributed by atoms with van der Waals surface area (Å²) in [6.45, 7) is 0. The van der Waals surface area contributed by atoms with Crippen molar-refractivity contribution < 1.29 is 14.7 Å². The molecule has 6 nitrogen and oxygen atoms in total. The summed E-state index contributed by atoms with van der Waals surface area (Å²) >= 11 is 3.37. The number of nitrogens with zero attached hydrogens (tertiary/aromatic N) is 2. The maximum absolute atomic E-state index is 12.3. The van der Waals surface area contributed by atoms with Crippen LogP contribution in [0.5, 0.6) is 0 Å². The fourth-order valence-corrected chi connectivity index (χ4v) is 3.22. The first-order valence-electron chi connectivity index (χ1n) is 7.54. The van der Waals surface area contributed by atoms with Gasteiger partial charge in [0.1, 0.15) is 6.04 Å². The highest BCUT2D eigenvalue weighted by Gasteiger charge is 2.36. The third-order valence-corrected chi connectivity index (χ3v) is 4.55. The second-order valence-electron chi connectivity index (χ2n) is 5.65. The van der Waals surface area contributed by atoms with Crippen LogP contribution in [-0.2, 0) is 9.59 Å². The van der Waals surface area contributed by atoms with Gasteiger partial charge in [-0.3, -0.25) is 9.59 Å². The van der Waals surface area contributed by atoms with Crippen LogP contribution in [0.15, 0.2) is 69.9 Å². The van der Waals surface area contributed by atoms with Crippen molar-refractivity contribution in [1.29, 1.82) is 0 Å². The molecule has 2 aliphatic rings. The first-order chi connectivity index (χ1) is 12.0. The van der Waals surface area contributed by atoms with Gasteiger partial charge < -0.3 is 10.4 Å². The van der Waals surface area contributed by atoms with Crippen LogP contribution in [0.4, 0.5) is 5.69 Å². The number of hydrogen-bond donors (Lipinski definition) is 2. The number of carbonyl (C=O) groups excluding carboxylic acids is 2. The molecule has 0 aromatic heterocycles. The van der Waals surface area contributed by atoms with Crippen molar-refractivity contribution in [2.75, 3.05) is 5.32 Å². The molecule has 0 radical (unpaired) electrons. The number of nitrogens with one attached hydrogen (secondary N) is 1. The van der Waals surface area contributed by atoms with Gasteiger partial charge in [0.05, 0.1) is 5.69 Å². The number of aliphatic hydroxyl groups excluding tert-OH is 1. The lowest BCUT2D eigenvalue weighted by molar-refractivity contribution is -0.129. The molecular formula is C18H12BrN3O3. The van der Waals surface area contributed by atoms with Crippen LogP contribution in [-0.4, -0.2) is 27.6 Å². The van der Waals surface area contributed by atoms with Crippen molar-refractivity contribution >= 4 is 39.1 Å². The molecule has 2 heterocycles. The Morgan fingerprint density at radius 2 is 1.88 bits per heavy atom. The van der Waals surface area contributed by atoms with Gasteiger partial charge in [-0.2, -0.15) is 5.10 Å². The predicted octanol–water partition coefficient (Wildman–Crippen LogP) is 3.13. The van der Waals surface area contributed by atoms with Crippen LogP contribution in [0.3, 0.4) is 0 Å². The Kier molecular flexibility index (Phi) is 3.65. The van der Waals surface area contributed by atoms with Crippen LogP contribution in [0.25, 0.3) is 0 Å². The molecule has 4 rings (SSSR count). The molecular weight excluding hydrogens is 386 g/mol. The second kappa shape index (κ2) is 5.86. The molecule has 0 spiro atoms. The van der Waals surface area contributed by atoms with E-state index in [1.54, 1.807) is 12.1 Å². The van der Waals surface area contributed by atoms with E-state index in [2.05, 4.69) is 26.3 Å². The van der Waals surface area contributed by atoms with E-state index in [0.717, 1.165) is 15.0 Å². The van der Waals surface area contributed by atoms with Crippen LogP contribution in [0, 0.1) is 0 Å². The summed E-state index contributed by atoms with van der Waals surface area (Å²) in [7, 11) is 0. The molecule has 2 aromatic rings. The number of aliphatic hydroxyl groups is 1. The van der Waals surface area contributed by atoms with Crippen molar-refractivity contribution in [1.82, 2.24) is 5.01 Å². The van der Waals surface area contributed by atoms with Crippen LogP contribution in [0.2, 0.25) is 0 Å². The summed E-state index contributed by atoms with van der Waals surface area (Å²) in [6.07, 6.45) is 1.43. The summed E-state index contributed by atoms with van der Waals surface area (Å²) in [4.78, 5) is 24.6. The van der Waals surface area contributed by atoms with E-state index in [1.165, 1.54) is 6.08 Å². The molecule has 0 fully saturated rings. The first kappa shape index (κ1) is 15.6. The van der Waals surface area contributed by atoms with Crippen molar-refractivity contribution in [2.45, 2.75) is 6.04 Å². The molecule has 1 atom stereocenters. The van der Waals surface area contributed by atoms with Gasteiger partial charge in [0.15, 0.2) is 11.5 Å². The van der Waals surface area contributed by atoms with Crippen LogP contribution in [0.1, 0.15) is 17.2 Å². The Morgan fingerprint density at radius 1 is 1.12 bits per heavy atom. The van der Waals surface area contributed by atoms with Gasteiger partial charge in [-0.15, -0.1) is 0 Å². The normalized spacial score (nSPS) is 20.7. The van der Waals surface area contributed by atoms with E-state index in [1.807, 2.05) is 36.4 Å².